The van der Waals surface area contributed by atoms with Gasteiger partial charge >= 0.3 is 5.97 Å². The minimum atomic E-state index is -0.823. The lowest BCUT2D eigenvalue weighted by Crippen LogP contribution is -2.43. The Labute approximate surface area is 180 Å². The smallest absolute Gasteiger partial charge is 0.317 e. The number of phenols is 1. The Hall–Kier alpha value is -2.01. The van der Waals surface area contributed by atoms with Crippen molar-refractivity contribution < 1.29 is 19.7 Å². The largest absolute Gasteiger partial charge is 0.507 e. The van der Waals surface area contributed by atoms with Gasteiger partial charge in [0, 0.05) is 13.1 Å². The molecule has 0 spiro atoms. The highest BCUT2D eigenvalue weighted by Gasteiger charge is 2.39. The fourth-order valence-corrected chi connectivity index (χ4v) is 4.94. The highest BCUT2D eigenvalue weighted by atomic mass is 16.5. The molecule has 5 heteroatoms. The SMILES string of the molecule is CCCCCC(C)C(C)c1cc(O)c2c(c1)OC(C)(C)C1=C2CN(CC(=O)O)CC1. The van der Waals surface area contributed by atoms with Gasteiger partial charge in [-0.15, -0.1) is 0 Å². The summed E-state index contributed by atoms with van der Waals surface area (Å²) in [6, 6.07) is 3.99. The maximum atomic E-state index is 11.2. The number of carboxylic acid groups (broad SMARTS) is 1. The third-order valence-corrected chi connectivity index (χ3v) is 6.92. The summed E-state index contributed by atoms with van der Waals surface area (Å²) in [6.45, 7) is 12.1. The Bertz CT molecular complexity index is 827. The summed E-state index contributed by atoms with van der Waals surface area (Å²) in [5.41, 5.74) is 3.59. The predicted molar refractivity (Wildman–Crippen MR) is 120 cm³/mol. The molecule has 0 saturated heterocycles. The number of hydrogen-bond donors (Lipinski definition) is 2. The number of carbonyl (C=O) groups is 1. The van der Waals surface area contributed by atoms with Crippen LogP contribution in [-0.4, -0.2) is 46.3 Å². The first-order valence-electron chi connectivity index (χ1n) is 11.4. The average molecular weight is 416 g/mol. The van der Waals surface area contributed by atoms with Crippen molar-refractivity contribution in [2.45, 2.75) is 78.2 Å². The van der Waals surface area contributed by atoms with E-state index in [4.69, 9.17) is 4.74 Å². The van der Waals surface area contributed by atoms with E-state index in [0.29, 0.717) is 24.9 Å². The number of aromatic hydroxyl groups is 1. The molecule has 0 saturated carbocycles. The molecule has 0 amide bonds. The van der Waals surface area contributed by atoms with Gasteiger partial charge in [-0.05, 0) is 60.9 Å². The van der Waals surface area contributed by atoms with Crippen molar-refractivity contribution in [3.05, 3.63) is 28.8 Å². The third-order valence-electron chi connectivity index (χ3n) is 6.92. The molecule has 2 atom stereocenters. The summed E-state index contributed by atoms with van der Waals surface area (Å²) in [5, 5.41) is 20.2. The van der Waals surface area contributed by atoms with Crippen LogP contribution in [0.2, 0.25) is 0 Å². The number of phenolic OH excluding ortho intramolecular Hbond substituents is 1. The zero-order valence-electron chi connectivity index (χ0n) is 19.1. The number of hydrogen-bond acceptors (Lipinski definition) is 4. The molecule has 2 heterocycles. The van der Waals surface area contributed by atoms with Crippen molar-refractivity contribution in [2.75, 3.05) is 19.6 Å². The van der Waals surface area contributed by atoms with E-state index < -0.39 is 11.6 Å². The van der Waals surface area contributed by atoms with E-state index in [0.717, 1.165) is 28.9 Å². The van der Waals surface area contributed by atoms with Crippen molar-refractivity contribution in [3.8, 4) is 11.5 Å². The van der Waals surface area contributed by atoms with Gasteiger partial charge in [0.05, 0.1) is 12.1 Å². The van der Waals surface area contributed by atoms with Crippen LogP contribution in [0.25, 0.3) is 5.57 Å². The minimum absolute atomic E-state index is 0.0125. The lowest BCUT2D eigenvalue weighted by molar-refractivity contribution is -0.138. The predicted octanol–water partition coefficient (Wildman–Crippen LogP) is 5.43. The van der Waals surface area contributed by atoms with Gasteiger partial charge < -0.3 is 14.9 Å². The fourth-order valence-electron chi connectivity index (χ4n) is 4.94. The number of nitrogens with zero attached hydrogens (tertiary/aromatic N) is 1. The van der Waals surface area contributed by atoms with Gasteiger partial charge in [0.15, 0.2) is 0 Å². The van der Waals surface area contributed by atoms with Gasteiger partial charge in [0.1, 0.15) is 17.1 Å². The minimum Gasteiger partial charge on any atom is -0.507 e. The van der Waals surface area contributed by atoms with Crippen LogP contribution in [0.1, 0.15) is 83.8 Å². The number of unbranched alkanes of at least 4 members (excludes halogenated alkanes) is 2. The quantitative estimate of drug-likeness (QED) is 0.554. The summed E-state index contributed by atoms with van der Waals surface area (Å²) in [4.78, 5) is 13.1. The summed E-state index contributed by atoms with van der Waals surface area (Å²) < 4.78 is 6.40. The van der Waals surface area contributed by atoms with Crippen molar-refractivity contribution in [1.29, 1.82) is 0 Å². The monoisotopic (exact) mass is 415 g/mol. The van der Waals surface area contributed by atoms with Crippen LogP contribution in [0.5, 0.6) is 11.5 Å². The molecule has 0 bridgehead atoms. The van der Waals surface area contributed by atoms with E-state index in [1.54, 1.807) is 0 Å². The first-order chi connectivity index (χ1) is 14.1. The highest BCUT2D eigenvalue weighted by Crippen LogP contribution is 2.49. The molecule has 0 aliphatic carbocycles. The Morgan fingerprint density at radius 2 is 2.00 bits per heavy atom. The number of carboxylic acids is 1. The third kappa shape index (κ3) is 4.66. The van der Waals surface area contributed by atoms with Crippen LogP contribution in [0.15, 0.2) is 17.7 Å². The number of aliphatic carboxylic acids is 1. The van der Waals surface area contributed by atoms with Crippen LogP contribution in [0.3, 0.4) is 0 Å². The summed E-state index contributed by atoms with van der Waals surface area (Å²) >= 11 is 0. The number of rotatable bonds is 8. The van der Waals surface area contributed by atoms with E-state index in [9.17, 15) is 15.0 Å². The molecule has 1 aromatic rings. The molecule has 2 aliphatic rings. The second kappa shape index (κ2) is 9.01. The van der Waals surface area contributed by atoms with Crippen molar-refractivity contribution in [2.24, 2.45) is 5.92 Å². The Morgan fingerprint density at radius 1 is 1.27 bits per heavy atom. The van der Waals surface area contributed by atoms with Gasteiger partial charge in [0.2, 0.25) is 0 Å². The summed E-state index contributed by atoms with van der Waals surface area (Å²) in [6.07, 6.45) is 5.64. The molecule has 0 fully saturated rings. The van der Waals surface area contributed by atoms with Gasteiger partial charge in [0.25, 0.3) is 0 Å². The Kier molecular flexibility index (Phi) is 6.81. The van der Waals surface area contributed by atoms with E-state index in [1.807, 2.05) is 11.0 Å². The van der Waals surface area contributed by atoms with E-state index >= 15 is 0 Å². The van der Waals surface area contributed by atoms with Crippen molar-refractivity contribution >= 4 is 11.5 Å². The number of fused-ring (bicyclic) bond motifs is 2. The van der Waals surface area contributed by atoms with Crippen molar-refractivity contribution in [1.82, 2.24) is 4.90 Å². The van der Waals surface area contributed by atoms with Crippen LogP contribution in [0, 0.1) is 5.92 Å². The standard InChI is InChI=1S/C25H37NO4/c1-6-7-8-9-16(2)17(3)18-12-21(27)24-19-14-26(15-23(28)29)11-10-20(19)25(4,5)30-22(24)13-18/h12-13,16-17,27H,6-11,14-15H2,1-5H3,(H,28,29). The molecule has 0 radical (unpaired) electrons. The molecular weight excluding hydrogens is 378 g/mol. The Balaban J connectivity index is 1.93. The molecule has 2 N–H and O–H groups in total. The molecular formula is C25H37NO4. The first-order valence-corrected chi connectivity index (χ1v) is 11.4. The molecule has 2 aliphatic heterocycles. The van der Waals surface area contributed by atoms with Gasteiger partial charge in [-0.1, -0.05) is 46.5 Å². The first kappa shape index (κ1) is 22.7. The summed E-state index contributed by atoms with van der Waals surface area (Å²) in [5.74, 6) is 1.00. The highest BCUT2D eigenvalue weighted by molar-refractivity contribution is 5.82. The van der Waals surface area contributed by atoms with E-state index in [-0.39, 0.29) is 12.3 Å². The fraction of sp³-hybridized carbons (Fsp3) is 0.640. The average Bonchev–Trinajstić information content (AvgIpc) is 2.65. The number of benzene rings is 1. The second-order valence-corrected chi connectivity index (χ2v) is 9.60. The maximum absolute atomic E-state index is 11.2. The van der Waals surface area contributed by atoms with Gasteiger partial charge in [-0.25, -0.2) is 0 Å². The zero-order chi connectivity index (χ0) is 22.1. The van der Waals surface area contributed by atoms with Crippen LogP contribution >= 0.6 is 0 Å². The molecule has 0 aromatic heterocycles. The topological polar surface area (TPSA) is 70.0 Å². The van der Waals surface area contributed by atoms with Crippen molar-refractivity contribution in [3.63, 3.8) is 0 Å². The zero-order valence-corrected chi connectivity index (χ0v) is 19.1. The lowest BCUT2D eigenvalue weighted by Gasteiger charge is -2.42. The maximum Gasteiger partial charge on any atom is 0.317 e. The number of ether oxygens (including phenoxy) is 1. The summed E-state index contributed by atoms with van der Waals surface area (Å²) in [7, 11) is 0. The molecule has 2 unspecified atom stereocenters. The van der Waals surface area contributed by atoms with Gasteiger partial charge in [-0.2, -0.15) is 0 Å². The molecule has 30 heavy (non-hydrogen) atoms. The molecule has 5 nitrogen and oxygen atoms in total. The Morgan fingerprint density at radius 3 is 2.67 bits per heavy atom. The van der Waals surface area contributed by atoms with Crippen LogP contribution in [0.4, 0.5) is 0 Å². The van der Waals surface area contributed by atoms with Gasteiger partial charge in [-0.3, -0.25) is 9.69 Å². The van der Waals surface area contributed by atoms with E-state index in [2.05, 4.69) is 40.7 Å². The lowest BCUT2D eigenvalue weighted by atomic mass is 9.79. The molecule has 3 rings (SSSR count). The normalized spacial score (nSPS) is 20.2. The molecule has 166 valence electrons. The second-order valence-electron chi connectivity index (χ2n) is 9.60. The molecule has 1 aromatic carbocycles. The van der Waals surface area contributed by atoms with Crippen LogP contribution in [-0.2, 0) is 4.79 Å². The van der Waals surface area contributed by atoms with E-state index in [1.165, 1.54) is 31.3 Å². The van der Waals surface area contributed by atoms with Crippen LogP contribution < -0.4 is 4.74 Å².